The lowest BCUT2D eigenvalue weighted by atomic mass is 10.1. The summed E-state index contributed by atoms with van der Waals surface area (Å²) in [6, 6.07) is 11.8. The van der Waals surface area contributed by atoms with E-state index in [4.69, 9.17) is 9.88 Å². The van der Waals surface area contributed by atoms with Gasteiger partial charge >= 0.3 is 0 Å². The van der Waals surface area contributed by atoms with Crippen LogP contribution in [0.1, 0.15) is 35.4 Å². The molecule has 1 aromatic heterocycles. The Kier molecular flexibility index (Phi) is 6.54. The van der Waals surface area contributed by atoms with Crippen LogP contribution in [0.2, 0.25) is 0 Å². The van der Waals surface area contributed by atoms with E-state index in [0.29, 0.717) is 37.7 Å². The highest BCUT2D eigenvalue weighted by molar-refractivity contribution is 7.89. The molecular formula is C24H28N6O4S. The summed E-state index contributed by atoms with van der Waals surface area (Å²) in [5, 5.41) is 17.0. The Hall–Kier alpha value is -3.28. The van der Waals surface area contributed by atoms with Gasteiger partial charge in [-0.2, -0.15) is 0 Å². The minimum absolute atomic E-state index is 0.112. The molecule has 2 aliphatic rings. The topological polar surface area (TPSA) is 132 Å². The van der Waals surface area contributed by atoms with Gasteiger partial charge in [0.2, 0.25) is 10.0 Å². The van der Waals surface area contributed by atoms with E-state index in [1.165, 1.54) is 18.6 Å². The highest BCUT2D eigenvalue weighted by Gasteiger charge is 2.22. The molecule has 35 heavy (non-hydrogen) atoms. The number of sulfonamides is 1. The highest BCUT2D eigenvalue weighted by Crippen LogP contribution is 2.28. The number of hydrogen-bond acceptors (Lipinski definition) is 7. The summed E-state index contributed by atoms with van der Waals surface area (Å²) in [4.78, 5) is 15.3. The number of amides is 1. The van der Waals surface area contributed by atoms with Crippen molar-refractivity contribution in [3.63, 3.8) is 0 Å². The van der Waals surface area contributed by atoms with Crippen LogP contribution >= 0.6 is 0 Å². The summed E-state index contributed by atoms with van der Waals surface area (Å²) < 4.78 is 31.5. The predicted octanol–water partition coefficient (Wildman–Crippen LogP) is 2.41. The van der Waals surface area contributed by atoms with E-state index in [9.17, 15) is 13.2 Å². The Morgan fingerprint density at radius 2 is 1.83 bits per heavy atom. The molecule has 1 amide bonds. The Labute approximate surface area is 204 Å². The van der Waals surface area contributed by atoms with Crippen molar-refractivity contribution in [2.24, 2.45) is 5.14 Å². The van der Waals surface area contributed by atoms with Crippen LogP contribution in [-0.2, 0) is 27.7 Å². The summed E-state index contributed by atoms with van der Waals surface area (Å²) in [6.07, 6.45) is 4.27. The second-order valence-corrected chi connectivity index (χ2v) is 10.3. The molecule has 1 saturated heterocycles. The van der Waals surface area contributed by atoms with Gasteiger partial charge in [0.05, 0.1) is 23.7 Å². The molecule has 11 heteroatoms. The van der Waals surface area contributed by atoms with E-state index in [0.717, 1.165) is 43.0 Å². The van der Waals surface area contributed by atoms with E-state index in [2.05, 4.69) is 20.1 Å². The first-order chi connectivity index (χ1) is 16.9. The normalized spacial score (nSPS) is 16.4. The number of carbonyl (C=O) groups is 1. The average molecular weight is 497 g/mol. The van der Waals surface area contributed by atoms with Crippen LogP contribution in [0, 0.1) is 0 Å². The van der Waals surface area contributed by atoms with Crippen molar-refractivity contribution in [1.82, 2.24) is 14.8 Å². The number of aromatic nitrogens is 3. The van der Waals surface area contributed by atoms with Gasteiger partial charge in [0.25, 0.3) is 5.91 Å². The van der Waals surface area contributed by atoms with Crippen LogP contribution in [0.4, 0.5) is 11.4 Å². The molecule has 3 N–H and O–H groups in total. The number of hydrogen-bond donors (Lipinski definition) is 2. The number of aryl methyl sites for hydroxylation is 1. The zero-order valence-corrected chi connectivity index (χ0v) is 20.1. The fourth-order valence-corrected chi connectivity index (χ4v) is 5.13. The maximum Gasteiger partial charge on any atom is 0.257 e. The molecule has 0 aliphatic carbocycles. The third kappa shape index (κ3) is 5.07. The average Bonchev–Trinajstić information content (AvgIpc) is 3.12. The molecule has 0 atom stereocenters. The molecule has 3 heterocycles. The lowest BCUT2D eigenvalue weighted by Crippen LogP contribution is -2.37. The van der Waals surface area contributed by atoms with Gasteiger partial charge in [0.15, 0.2) is 5.82 Å². The standard InChI is InChI=1S/C24H28N6O4S/c25-35(32,33)19-8-9-21(29-11-13-34-14-12-29)20(16-19)24(31)26-18-6-4-5-17(15-18)23-28-27-22-7-2-1-3-10-30(22)23/h4-6,8-9,15-16H,1-3,7,10-14H2,(H,26,31)(H2,25,32,33). The number of morpholine rings is 1. The summed E-state index contributed by atoms with van der Waals surface area (Å²) in [6.45, 7) is 3.13. The zero-order chi connectivity index (χ0) is 24.4. The van der Waals surface area contributed by atoms with Crippen LogP contribution in [0.25, 0.3) is 11.4 Å². The monoisotopic (exact) mass is 496 g/mol. The molecule has 184 valence electrons. The Bertz CT molecular complexity index is 1350. The van der Waals surface area contributed by atoms with Crippen molar-refractivity contribution >= 4 is 27.3 Å². The van der Waals surface area contributed by atoms with Crippen molar-refractivity contribution in [3.05, 3.63) is 53.9 Å². The third-order valence-corrected chi connectivity index (χ3v) is 7.29. The number of primary sulfonamides is 1. The largest absolute Gasteiger partial charge is 0.378 e. The molecule has 10 nitrogen and oxygen atoms in total. The minimum atomic E-state index is -3.97. The summed E-state index contributed by atoms with van der Waals surface area (Å²) in [5.41, 5.74) is 2.31. The van der Waals surface area contributed by atoms with Gasteiger partial charge in [-0.05, 0) is 43.2 Å². The Morgan fingerprint density at radius 1 is 1.00 bits per heavy atom. The molecule has 3 aromatic rings. The van der Waals surface area contributed by atoms with E-state index in [1.807, 2.05) is 23.1 Å². The lowest BCUT2D eigenvalue weighted by molar-refractivity contribution is 0.102. The van der Waals surface area contributed by atoms with Crippen molar-refractivity contribution in [3.8, 4) is 11.4 Å². The van der Waals surface area contributed by atoms with E-state index in [-0.39, 0.29) is 10.5 Å². The quantitative estimate of drug-likeness (QED) is 0.554. The molecular weight excluding hydrogens is 468 g/mol. The maximum atomic E-state index is 13.4. The number of nitrogens with two attached hydrogens (primary N) is 1. The fourth-order valence-electron chi connectivity index (χ4n) is 4.59. The third-order valence-electron chi connectivity index (χ3n) is 6.38. The van der Waals surface area contributed by atoms with Gasteiger partial charge in [0, 0.05) is 43.0 Å². The molecule has 2 aromatic carbocycles. The van der Waals surface area contributed by atoms with Gasteiger partial charge in [-0.3, -0.25) is 4.79 Å². The number of carbonyl (C=O) groups excluding carboxylic acids is 1. The second-order valence-electron chi connectivity index (χ2n) is 8.76. The van der Waals surface area contributed by atoms with E-state index < -0.39 is 15.9 Å². The molecule has 0 bridgehead atoms. The number of ether oxygens (including phenoxy) is 1. The molecule has 1 fully saturated rings. The summed E-state index contributed by atoms with van der Waals surface area (Å²) in [5.74, 6) is 1.35. The first-order valence-corrected chi connectivity index (χ1v) is 13.3. The smallest absolute Gasteiger partial charge is 0.257 e. The molecule has 0 spiro atoms. The van der Waals surface area contributed by atoms with Crippen molar-refractivity contribution < 1.29 is 17.9 Å². The maximum absolute atomic E-state index is 13.4. The SMILES string of the molecule is NS(=O)(=O)c1ccc(N2CCOCC2)c(C(=O)Nc2cccc(-c3nnc4n3CCCCC4)c2)c1. The minimum Gasteiger partial charge on any atom is -0.378 e. The lowest BCUT2D eigenvalue weighted by Gasteiger charge is -2.30. The second kappa shape index (κ2) is 9.76. The number of nitrogens with one attached hydrogen (secondary N) is 1. The molecule has 5 rings (SSSR count). The van der Waals surface area contributed by atoms with E-state index in [1.54, 1.807) is 12.1 Å². The summed E-state index contributed by atoms with van der Waals surface area (Å²) in [7, 11) is -3.97. The van der Waals surface area contributed by atoms with Crippen molar-refractivity contribution in [1.29, 1.82) is 0 Å². The predicted molar refractivity (Wildman–Crippen MR) is 132 cm³/mol. The van der Waals surface area contributed by atoms with Crippen LogP contribution in [-0.4, -0.2) is 55.4 Å². The van der Waals surface area contributed by atoms with Crippen molar-refractivity contribution in [2.75, 3.05) is 36.5 Å². The van der Waals surface area contributed by atoms with Crippen LogP contribution < -0.4 is 15.4 Å². The van der Waals surface area contributed by atoms with Gasteiger partial charge in [0.1, 0.15) is 5.82 Å². The number of benzene rings is 2. The highest BCUT2D eigenvalue weighted by atomic mass is 32.2. The van der Waals surface area contributed by atoms with Gasteiger partial charge < -0.3 is 19.5 Å². The van der Waals surface area contributed by atoms with Gasteiger partial charge in [-0.25, -0.2) is 13.6 Å². The fraction of sp³-hybridized carbons (Fsp3) is 0.375. The first kappa shape index (κ1) is 23.5. The summed E-state index contributed by atoms with van der Waals surface area (Å²) >= 11 is 0. The number of fused-ring (bicyclic) bond motifs is 1. The van der Waals surface area contributed by atoms with Gasteiger partial charge in [-0.1, -0.05) is 18.6 Å². The van der Waals surface area contributed by atoms with Crippen LogP contribution in [0.5, 0.6) is 0 Å². The van der Waals surface area contributed by atoms with Crippen molar-refractivity contribution in [2.45, 2.75) is 37.1 Å². The molecule has 2 aliphatic heterocycles. The Morgan fingerprint density at radius 3 is 2.63 bits per heavy atom. The van der Waals surface area contributed by atoms with Gasteiger partial charge in [-0.15, -0.1) is 10.2 Å². The molecule has 0 radical (unpaired) electrons. The van der Waals surface area contributed by atoms with Crippen LogP contribution in [0.3, 0.4) is 0 Å². The molecule has 0 saturated carbocycles. The zero-order valence-electron chi connectivity index (χ0n) is 19.3. The number of rotatable bonds is 5. The first-order valence-electron chi connectivity index (χ1n) is 11.7. The number of anilines is 2. The number of nitrogens with zero attached hydrogens (tertiary/aromatic N) is 4. The molecule has 0 unspecified atom stereocenters. The van der Waals surface area contributed by atoms with Crippen LogP contribution in [0.15, 0.2) is 47.4 Å². The Balaban J connectivity index is 1.45. The van der Waals surface area contributed by atoms with E-state index >= 15 is 0 Å².